The maximum Gasteiger partial charge on any atom is 0.268 e. The minimum Gasteiger partial charge on any atom is -0.508 e. The van der Waals surface area contributed by atoms with Crippen molar-refractivity contribution < 1.29 is 14.6 Å². The number of amides is 1. The van der Waals surface area contributed by atoms with Gasteiger partial charge in [0.2, 0.25) is 0 Å². The van der Waals surface area contributed by atoms with Gasteiger partial charge in [0.05, 0.1) is 12.2 Å². The molecule has 2 aromatic carbocycles. The van der Waals surface area contributed by atoms with Crippen LogP contribution in [0.4, 0.5) is 0 Å². The first-order chi connectivity index (χ1) is 8.65. The number of hydrogen-bond acceptors (Lipinski definition) is 4. The van der Waals surface area contributed by atoms with E-state index in [4.69, 9.17) is 10.6 Å². The fraction of sp³-hybridized carbons (Fsp3) is 0.154. The van der Waals surface area contributed by atoms with Crippen molar-refractivity contribution in [3.63, 3.8) is 0 Å². The Bertz CT molecular complexity index is 596. The van der Waals surface area contributed by atoms with Crippen molar-refractivity contribution in [1.82, 2.24) is 5.43 Å². The lowest BCUT2D eigenvalue weighted by Crippen LogP contribution is -2.30. The van der Waals surface area contributed by atoms with E-state index in [1.165, 1.54) is 0 Å². The summed E-state index contributed by atoms with van der Waals surface area (Å²) in [5.41, 5.74) is 2.42. The lowest BCUT2D eigenvalue weighted by atomic mass is 10.0. The number of fused-ring (bicyclic) bond motifs is 1. The Morgan fingerprint density at radius 3 is 2.78 bits per heavy atom. The average Bonchev–Trinajstić information content (AvgIpc) is 2.37. The molecule has 5 heteroatoms. The monoisotopic (exact) mass is 246 g/mol. The zero-order chi connectivity index (χ0) is 13.1. The van der Waals surface area contributed by atoms with Gasteiger partial charge in [-0.25, -0.2) is 5.84 Å². The molecule has 0 spiro atoms. The van der Waals surface area contributed by atoms with Gasteiger partial charge in [-0.3, -0.25) is 10.2 Å². The van der Waals surface area contributed by atoms with E-state index in [9.17, 15) is 9.90 Å². The summed E-state index contributed by atoms with van der Waals surface area (Å²) in [4.78, 5) is 11.7. The SMILES string of the molecule is CCOc1cc2ccc(O)cc2cc1C(=O)NN. The first kappa shape index (κ1) is 12.2. The number of ether oxygens (including phenoxy) is 1. The minimum absolute atomic E-state index is 0.144. The number of nitrogens with two attached hydrogens (primary N) is 1. The number of phenols is 1. The summed E-state index contributed by atoms with van der Waals surface area (Å²) < 4.78 is 5.42. The normalized spacial score (nSPS) is 10.3. The van der Waals surface area contributed by atoms with E-state index < -0.39 is 5.91 Å². The summed E-state index contributed by atoms with van der Waals surface area (Å²) in [5.74, 6) is 5.33. The Morgan fingerprint density at radius 2 is 2.11 bits per heavy atom. The van der Waals surface area contributed by atoms with Crippen LogP contribution in [0.5, 0.6) is 11.5 Å². The van der Waals surface area contributed by atoms with Crippen LogP contribution < -0.4 is 16.0 Å². The molecule has 0 heterocycles. The van der Waals surface area contributed by atoms with Crippen LogP contribution in [0.1, 0.15) is 17.3 Å². The zero-order valence-electron chi connectivity index (χ0n) is 9.93. The molecular weight excluding hydrogens is 232 g/mol. The van der Waals surface area contributed by atoms with E-state index in [1.54, 1.807) is 30.3 Å². The summed E-state index contributed by atoms with van der Waals surface area (Å²) >= 11 is 0. The molecule has 0 atom stereocenters. The lowest BCUT2D eigenvalue weighted by Gasteiger charge is -2.11. The molecule has 18 heavy (non-hydrogen) atoms. The number of hydrogen-bond donors (Lipinski definition) is 3. The summed E-state index contributed by atoms with van der Waals surface area (Å²) in [6.07, 6.45) is 0. The molecule has 1 amide bonds. The highest BCUT2D eigenvalue weighted by atomic mass is 16.5. The van der Waals surface area contributed by atoms with Crippen molar-refractivity contribution in [2.75, 3.05) is 6.61 Å². The fourth-order valence-electron chi connectivity index (χ4n) is 1.79. The number of hydrazine groups is 1. The van der Waals surface area contributed by atoms with Crippen LogP contribution in [0, 0.1) is 0 Å². The van der Waals surface area contributed by atoms with Crippen LogP contribution in [0.15, 0.2) is 30.3 Å². The van der Waals surface area contributed by atoms with E-state index in [2.05, 4.69) is 5.43 Å². The molecule has 0 aliphatic rings. The standard InChI is InChI=1S/C13H14N2O3/c1-2-18-12-7-8-3-4-10(16)5-9(8)6-11(12)13(17)15-14/h3-7,16H,2,14H2,1H3,(H,15,17). The summed E-state index contributed by atoms with van der Waals surface area (Å²) in [7, 11) is 0. The van der Waals surface area contributed by atoms with Gasteiger partial charge in [0.25, 0.3) is 5.91 Å². The van der Waals surface area contributed by atoms with Crippen molar-refractivity contribution in [1.29, 1.82) is 0 Å². The topological polar surface area (TPSA) is 84.6 Å². The van der Waals surface area contributed by atoms with Crippen molar-refractivity contribution in [2.24, 2.45) is 5.84 Å². The first-order valence-corrected chi connectivity index (χ1v) is 5.56. The van der Waals surface area contributed by atoms with Gasteiger partial charge in [-0.15, -0.1) is 0 Å². The first-order valence-electron chi connectivity index (χ1n) is 5.56. The number of carbonyl (C=O) groups is 1. The highest BCUT2D eigenvalue weighted by Crippen LogP contribution is 2.28. The number of nitrogens with one attached hydrogen (secondary N) is 1. The van der Waals surface area contributed by atoms with Crippen molar-refractivity contribution >= 4 is 16.7 Å². The number of phenolic OH excluding ortho intramolecular Hbond substituents is 1. The Balaban J connectivity index is 2.64. The molecule has 0 saturated heterocycles. The largest absolute Gasteiger partial charge is 0.508 e. The van der Waals surface area contributed by atoms with Crippen molar-refractivity contribution in [2.45, 2.75) is 6.92 Å². The number of rotatable bonds is 3. The quantitative estimate of drug-likeness (QED) is 0.436. The molecule has 0 radical (unpaired) electrons. The zero-order valence-corrected chi connectivity index (χ0v) is 9.93. The summed E-state index contributed by atoms with van der Waals surface area (Å²) in [6.45, 7) is 2.29. The van der Waals surface area contributed by atoms with Gasteiger partial charge in [-0.2, -0.15) is 0 Å². The van der Waals surface area contributed by atoms with Crippen LogP contribution in [-0.4, -0.2) is 17.6 Å². The average molecular weight is 246 g/mol. The second-order valence-corrected chi connectivity index (χ2v) is 3.79. The van der Waals surface area contributed by atoms with Crippen molar-refractivity contribution in [3.05, 3.63) is 35.9 Å². The van der Waals surface area contributed by atoms with Gasteiger partial charge in [0, 0.05) is 0 Å². The molecule has 0 saturated carbocycles. The highest BCUT2D eigenvalue weighted by molar-refractivity contribution is 6.01. The van der Waals surface area contributed by atoms with E-state index in [1.807, 2.05) is 6.92 Å². The molecular formula is C13H14N2O3. The molecule has 2 rings (SSSR count). The van der Waals surface area contributed by atoms with Gasteiger partial charge in [0.15, 0.2) is 0 Å². The van der Waals surface area contributed by atoms with E-state index in [0.717, 1.165) is 10.8 Å². The Hall–Kier alpha value is -2.27. The number of carbonyl (C=O) groups excluding carboxylic acids is 1. The van der Waals surface area contributed by atoms with Crippen LogP contribution in [-0.2, 0) is 0 Å². The van der Waals surface area contributed by atoms with Crippen molar-refractivity contribution in [3.8, 4) is 11.5 Å². The van der Waals surface area contributed by atoms with Gasteiger partial charge >= 0.3 is 0 Å². The van der Waals surface area contributed by atoms with E-state index in [0.29, 0.717) is 17.9 Å². The van der Waals surface area contributed by atoms with Gasteiger partial charge in [0.1, 0.15) is 11.5 Å². The van der Waals surface area contributed by atoms with E-state index in [-0.39, 0.29) is 5.75 Å². The van der Waals surface area contributed by atoms with Crippen LogP contribution in [0.2, 0.25) is 0 Å². The molecule has 0 aliphatic heterocycles. The van der Waals surface area contributed by atoms with Gasteiger partial charge < -0.3 is 9.84 Å². The van der Waals surface area contributed by atoms with Crippen LogP contribution in [0.3, 0.4) is 0 Å². The third-order valence-electron chi connectivity index (χ3n) is 2.60. The molecule has 0 unspecified atom stereocenters. The predicted molar refractivity (Wildman–Crippen MR) is 68.4 cm³/mol. The molecule has 94 valence electrons. The Kier molecular flexibility index (Phi) is 3.34. The minimum atomic E-state index is -0.427. The molecule has 5 nitrogen and oxygen atoms in total. The smallest absolute Gasteiger partial charge is 0.268 e. The summed E-state index contributed by atoms with van der Waals surface area (Å²) in [6, 6.07) is 8.32. The molecule has 0 aromatic heterocycles. The maximum atomic E-state index is 11.7. The number of aromatic hydroxyl groups is 1. The second-order valence-electron chi connectivity index (χ2n) is 3.79. The second kappa shape index (κ2) is 4.93. The molecule has 2 aromatic rings. The number of benzene rings is 2. The maximum absolute atomic E-state index is 11.7. The highest BCUT2D eigenvalue weighted by Gasteiger charge is 2.13. The Labute approximate surface area is 104 Å². The number of nitrogen functional groups attached to an aromatic ring is 1. The van der Waals surface area contributed by atoms with Gasteiger partial charge in [-0.1, -0.05) is 6.07 Å². The molecule has 4 N–H and O–H groups in total. The Morgan fingerprint density at radius 1 is 1.33 bits per heavy atom. The van der Waals surface area contributed by atoms with E-state index >= 15 is 0 Å². The predicted octanol–water partition coefficient (Wildman–Crippen LogP) is 1.55. The molecule has 0 bridgehead atoms. The van der Waals surface area contributed by atoms with Crippen LogP contribution in [0.25, 0.3) is 10.8 Å². The summed E-state index contributed by atoms with van der Waals surface area (Å²) in [5, 5.41) is 11.1. The third-order valence-corrected chi connectivity index (χ3v) is 2.60. The third kappa shape index (κ3) is 2.21. The fourth-order valence-corrected chi connectivity index (χ4v) is 1.79. The molecule has 0 aliphatic carbocycles. The van der Waals surface area contributed by atoms with Crippen LogP contribution >= 0.6 is 0 Å². The molecule has 0 fully saturated rings. The lowest BCUT2D eigenvalue weighted by molar-refractivity contribution is 0.0950. The van der Waals surface area contributed by atoms with Gasteiger partial charge in [-0.05, 0) is 42.0 Å².